The Hall–Kier alpha value is -2.53. The van der Waals surface area contributed by atoms with E-state index in [-0.39, 0.29) is 12.0 Å². The lowest BCUT2D eigenvalue weighted by Crippen LogP contribution is -2.36. The third-order valence-electron chi connectivity index (χ3n) is 5.79. The Balaban J connectivity index is 2.63. The second-order valence-corrected chi connectivity index (χ2v) is 7.74. The van der Waals surface area contributed by atoms with E-state index in [2.05, 4.69) is 5.32 Å². The van der Waals surface area contributed by atoms with Crippen LogP contribution in [-0.2, 0) is 11.2 Å². The molecule has 0 bridgehead atoms. The minimum Gasteiger partial charge on any atom is -0.480 e. The van der Waals surface area contributed by atoms with Gasteiger partial charge in [0, 0.05) is 13.1 Å². The number of carbonyl (C=O) groups is 1. The Morgan fingerprint density at radius 3 is 2.45 bits per heavy atom. The van der Waals surface area contributed by atoms with E-state index in [0.29, 0.717) is 38.4 Å². The number of hydrogen-bond acceptors (Lipinski definition) is 7. The molecule has 5 N–H and O–H groups in total. The fourth-order valence-electron chi connectivity index (χ4n) is 3.93. The normalized spacial score (nSPS) is 15.7. The standard InChI is InChI=1S/C20H30F2N4O5/c1-2-12-6-9-25(10-7-12)19-15(21)13(5-3-4-8-23)18(26(30)31)17(16(19)22)24-14(11-27)20(28)29/h12,14,24,27H,2-11,23H2,1H3,(H,28,29)/t14-/m0/s1. The molecule has 0 spiro atoms. The number of aliphatic hydroxyl groups is 1. The first-order chi connectivity index (χ1) is 14.8. The van der Waals surface area contributed by atoms with Crippen LogP contribution in [0.1, 0.15) is 44.6 Å². The molecule has 0 unspecified atom stereocenters. The highest BCUT2D eigenvalue weighted by Crippen LogP contribution is 2.42. The number of halogens is 2. The number of nitrogens with two attached hydrogens (primary N) is 1. The molecule has 1 heterocycles. The quantitative estimate of drug-likeness (QED) is 0.232. The van der Waals surface area contributed by atoms with Crippen LogP contribution >= 0.6 is 0 Å². The predicted octanol–water partition coefficient (Wildman–Crippen LogP) is 2.64. The smallest absolute Gasteiger partial charge is 0.328 e. The number of aliphatic hydroxyl groups excluding tert-OH is 1. The number of anilines is 2. The summed E-state index contributed by atoms with van der Waals surface area (Å²) in [5.74, 6) is -3.30. The van der Waals surface area contributed by atoms with Gasteiger partial charge in [0.25, 0.3) is 0 Å². The molecule has 174 valence electrons. The highest BCUT2D eigenvalue weighted by molar-refractivity contribution is 5.82. The summed E-state index contributed by atoms with van der Waals surface area (Å²) >= 11 is 0. The largest absolute Gasteiger partial charge is 0.480 e. The minimum atomic E-state index is -1.69. The number of benzene rings is 1. The van der Waals surface area contributed by atoms with Gasteiger partial charge in [0.15, 0.2) is 17.3 Å². The molecule has 1 aromatic rings. The molecule has 1 aromatic carbocycles. The number of carboxylic acids is 1. The van der Waals surface area contributed by atoms with E-state index in [1.165, 1.54) is 4.90 Å². The summed E-state index contributed by atoms with van der Waals surface area (Å²) in [7, 11) is 0. The second-order valence-electron chi connectivity index (χ2n) is 7.74. The number of nitro groups is 1. The maximum atomic E-state index is 15.5. The van der Waals surface area contributed by atoms with E-state index in [0.717, 1.165) is 19.3 Å². The molecule has 1 aliphatic rings. The van der Waals surface area contributed by atoms with Crippen LogP contribution in [0.2, 0.25) is 0 Å². The lowest BCUT2D eigenvalue weighted by molar-refractivity contribution is -0.385. The van der Waals surface area contributed by atoms with Gasteiger partial charge in [-0.05, 0) is 44.6 Å². The average Bonchev–Trinajstić information content (AvgIpc) is 2.74. The van der Waals surface area contributed by atoms with Crippen molar-refractivity contribution in [3.8, 4) is 0 Å². The maximum absolute atomic E-state index is 15.5. The van der Waals surface area contributed by atoms with Gasteiger partial charge in [-0.25, -0.2) is 13.6 Å². The predicted molar refractivity (Wildman–Crippen MR) is 112 cm³/mol. The Morgan fingerprint density at radius 2 is 1.97 bits per heavy atom. The molecule has 0 aromatic heterocycles. The molecule has 0 amide bonds. The zero-order valence-corrected chi connectivity index (χ0v) is 17.6. The van der Waals surface area contributed by atoms with Crippen LogP contribution in [0, 0.1) is 27.7 Å². The number of hydrogen-bond donors (Lipinski definition) is 4. The minimum absolute atomic E-state index is 0.0520. The monoisotopic (exact) mass is 444 g/mol. The van der Waals surface area contributed by atoms with Crippen molar-refractivity contribution in [2.45, 2.75) is 51.5 Å². The van der Waals surface area contributed by atoms with Gasteiger partial charge in [0.05, 0.1) is 17.1 Å². The molecule has 2 rings (SSSR count). The molecule has 0 aliphatic carbocycles. The Kier molecular flexibility index (Phi) is 8.93. The summed E-state index contributed by atoms with van der Waals surface area (Å²) < 4.78 is 31.0. The molecule has 0 radical (unpaired) electrons. The van der Waals surface area contributed by atoms with Crippen LogP contribution in [0.4, 0.5) is 25.8 Å². The van der Waals surface area contributed by atoms with E-state index in [1.54, 1.807) is 0 Å². The lowest BCUT2D eigenvalue weighted by Gasteiger charge is -2.34. The van der Waals surface area contributed by atoms with Gasteiger partial charge in [-0.3, -0.25) is 10.1 Å². The van der Waals surface area contributed by atoms with Crippen molar-refractivity contribution >= 4 is 23.0 Å². The number of nitrogens with zero attached hydrogens (tertiary/aromatic N) is 2. The van der Waals surface area contributed by atoms with Crippen LogP contribution in [0.3, 0.4) is 0 Å². The summed E-state index contributed by atoms with van der Waals surface area (Å²) in [4.78, 5) is 23.7. The fraction of sp³-hybridized carbons (Fsp3) is 0.650. The summed E-state index contributed by atoms with van der Waals surface area (Å²) in [5, 5.41) is 32.5. The van der Waals surface area contributed by atoms with E-state index < -0.39 is 52.2 Å². The summed E-state index contributed by atoms with van der Waals surface area (Å²) in [6.07, 6.45) is 3.19. The van der Waals surface area contributed by atoms with E-state index in [4.69, 9.17) is 5.73 Å². The van der Waals surface area contributed by atoms with E-state index in [1.807, 2.05) is 6.92 Å². The van der Waals surface area contributed by atoms with Crippen molar-refractivity contribution in [2.75, 3.05) is 36.5 Å². The number of rotatable bonds is 11. The number of nitro benzene ring substituents is 1. The molecule has 0 saturated carbocycles. The fourth-order valence-corrected chi connectivity index (χ4v) is 3.93. The SMILES string of the molecule is CCC1CCN(c2c(F)c(CCCCN)c([N+](=O)[O-])c(N[C@@H](CO)C(=O)O)c2F)CC1. The molecule has 9 nitrogen and oxygen atoms in total. The maximum Gasteiger partial charge on any atom is 0.328 e. The van der Waals surface area contributed by atoms with E-state index in [9.17, 15) is 25.1 Å². The van der Waals surface area contributed by atoms with Gasteiger partial charge < -0.3 is 26.2 Å². The number of nitrogens with one attached hydrogen (secondary N) is 1. The number of unbranched alkanes of at least 4 members (excludes halogenated alkanes) is 1. The van der Waals surface area contributed by atoms with Crippen molar-refractivity contribution < 1.29 is 28.7 Å². The van der Waals surface area contributed by atoms with Crippen molar-refractivity contribution in [3.63, 3.8) is 0 Å². The van der Waals surface area contributed by atoms with Gasteiger partial charge in [0.2, 0.25) is 0 Å². The van der Waals surface area contributed by atoms with Crippen LogP contribution in [0.5, 0.6) is 0 Å². The Labute approximate surface area is 179 Å². The van der Waals surface area contributed by atoms with Crippen LogP contribution in [0.15, 0.2) is 0 Å². The molecule has 1 fully saturated rings. The molecule has 11 heteroatoms. The van der Waals surface area contributed by atoms with Crippen molar-refractivity contribution in [1.82, 2.24) is 0 Å². The summed E-state index contributed by atoms with van der Waals surface area (Å²) in [5.41, 5.74) is 3.21. The first-order valence-corrected chi connectivity index (χ1v) is 10.5. The number of piperidine rings is 1. The zero-order valence-electron chi connectivity index (χ0n) is 17.6. The van der Waals surface area contributed by atoms with Crippen molar-refractivity contribution in [3.05, 3.63) is 27.3 Å². The Bertz CT molecular complexity index is 801. The van der Waals surface area contributed by atoms with Crippen molar-refractivity contribution in [1.29, 1.82) is 0 Å². The molecule has 31 heavy (non-hydrogen) atoms. The number of carboxylic acid groups (broad SMARTS) is 1. The highest BCUT2D eigenvalue weighted by Gasteiger charge is 2.36. The topological polar surface area (TPSA) is 142 Å². The van der Waals surface area contributed by atoms with E-state index >= 15 is 8.78 Å². The lowest BCUT2D eigenvalue weighted by atomic mass is 9.93. The summed E-state index contributed by atoms with van der Waals surface area (Å²) in [6.45, 7) is 2.20. The molecule has 1 saturated heterocycles. The summed E-state index contributed by atoms with van der Waals surface area (Å²) in [6, 6.07) is -1.69. The third-order valence-corrected chi connectivity index (χ3v) is 5.79. The molecular weight excluding hydrogens is 414 g/mol. The third kappa shape index (κ3) is 5.59. The van der Waals surface area contributed by atoms with Gasteiger partial charge in [0.1, 0.15) is 11.7 Å². The van der Waals surface area contributed by atoms with Crippen molar-refractivity contribution in [2.24, 2.45) is 11.7 Å². The Morgan fingerprint density at radius 1 is 1.32 bits per heavy atom. The van der Waals surface area contributed by atoms with Crippen LogP contribution < -0.4 is 16.0 Å². The van der Waals surface area contributed by atoms with Gasteiger partial charge in [-0.15, -0.1) is 0 Å². The average molecular weight is 444 g/mol. The zero-order chi connectivity index (χ0) is 23.1. The van der Waals surface area contributed by atoms with Gasteiger partial charge in [-0.2, -0.15) is 0 Å². The first-order valence-electron chi connectivity index (χ1n) is 10.5. The molecule has 1 aliphatic heterocycles. The second kappa shape index (κ2) is 11.2. The first kappa shape index (κ1) is 24.7. The number of aliphatic carboxylic acids is 1. The van der Waals surface area contributed by atoms with Gasteiger partial charge >= 0.3 is 11.7 Å². The highest BCUT2D eigenvalue weighted by atomic mass is 19.1. The van der Waals surface area contributed by atoms with Crippen LogP contribution in [-0.4, -0.2) is 53.4 Å². The van der Waals surface area contributed by atoms with Crippen LogP contribution in [0.25, 0.3) is 0 Å². The molecular formula is C20H30F2N4O5. The van der Waals surface area contributed by atoms with Gasteiger partial charge in [-0.1, -0.05) is 13.3 Å². The molecule has 1 atom stereocenters.